The first-order valence-electron chi connectivity index (χ1n) is 6.58. The van der Waals surface area contributed by atoms with Gasteiger partial charge in [0.05, 0.1) is 6.54 Å². The SMILES string of the molecule is NC(=O)CNC(=O)c1cccc(OCc2ccc(F)cc2)c1. The molecule has 0 bridgehead atoms. The largest absolute Gasteiger partial charge is 0.489 e. The molecular formula is C16H15FN2O3. The fourth-order valence-corrected chi connectivity index (χ4v) is 1.74. The van der Waals surface area contributed by atoms with Crippen LogP contribution in [0.25, 0.3) is 0 Å². The summed E-state index contributed by atoms with van der Waals surface area (Å²) in [5, 5.41) is 2.39. The standard InChI is InChI=1S/C16H15FN2O3/c17-13-6-4-11(5-7-13)10-22-14-3-1-2-12(8-14)16(21)19-9-15(18)20/h1-8H,9-10H2,(H2,18,20)(H,19,21). The first kappa shape index (κ1) is 15.5. The maximum absolute atomic E-state index is 12.8. The fraction of sp³-hybridized carbons (Fsp3) is 0.125. The molecule has 2 aromatic carbocycles. The number of hydrogen-bond acceptors (Lipinski definition) is 3. The van der Waals surface area contributed by atoms with Gasteiger partial charge in [-0.1, -0.05) is 18.2 Å². The average Bonchev–Trinajstić information content (AvgIpc) is 2.52. The van der Waals surface area contributed by atoms with Crippen LogP contribution in [-0.2, 0) is 11.4 Å². The number of benzene rings is 2. The van der Waals surface area contributed by atoms with Crippen LogP contribution in [0.5, 0.6) is 5.75 Å². The van der Waals surface area contributed by atoms with E-state index in [1.165, 1.54) is 12.1 Å². The number of halogens is 1. The van der Waals surface area contributed by atoms with Crippen LogP contribution in [0.3, 0.4) is 0 Å². The Morgan fingerprint density at radius 2 is 1.86 bits per heavy atom. The van der Waals surface area contributed by atoms with Crippen molar-refractivity contribution in [2.75, 3.05) is 6.54 Å². The van der Waals surface area contributed by atoms with E-state index >= 15 is 0 Å². The Balaban J connectivity index is 1.97. The summed E-state index contributed by atoms with van der Waals surface area (Å²) in [5.74, 6) is -0.837. The molecule has 3 N–H and O–H groups in total. The molecule has 6 heteroatoms. The minimum absolute atomic E-state index is 0.223. The van der Waals surface area contributed by atoms with Gasteiger partial charge >= 0.3 is 0 Å². The van der Waals surface area contributed by atoms with Crippen molar-refractivity contribution in [3.63, 3.8) is 0 Å². The van der Waals surface area contributed by atoms with Gasteiger partial charge in [-0.2, -0.15) is 0 Å². The Hall–Kier alpha value is -2.89. The highest BCUT2D eigenvalue weighted by atomic mass is 19.1. The smallest absolute Gasteiger partial charge is 0.251 e. The second-order valence-electron chi connectivity index (χ2n) is 4.59. The quantitative estimate of drug-likeness (QED) is 0.850. The molecule has 0 aliphatic carbocycles. The van der Waals surface area contributed by atoms with Crippen LogP contribution in [0.15, 0.2) is 48.5 Å². The van der Waals surface area contributed by atoms with E-state index in [1.807, 2.05) is 0 Å². The van der Waals surface area contributed by atoms with Crippen molar-refractivity contribution < 1.29 is 18.7 Å². The molecule has 0 heterocycles. The van der Waals surface area contributed by atoms with Crippen LogP contribution < -0.4 is 15.8 Å². The summed E-state index contributed by atoms with van der Waals surface area (Å²) < 4.78 is 18.4. The Kier molecular flexibility index (Phi) is 5.08. The summed E-state index contributed by atoms with van der Waals surface area (Å²) >= 11 is 0. The van der Waals surface area contributed by atoms with Crippen LogP contribution in [0.4, 0.5) is 4.39 Å². The molecule has 5 nitrogen and oxygen atoms in total. The monoisotopic (exact) mass is 302 g/mol. The van der Waals surface area contributed by atoms with Crippen molar-refractivity contribution in [2.45, 2.75) is 6.61 Å². The molecule has 0 spiro atoms. The van der Waals surface area contributed by atoms with Gasteiger partial charge in [-0.15, -0.1) is 0 Å². The molecule has 22 heavy (non-hydrogen) atoms. The molecule has 0 fully saturated rings. The molecule has 114 valence electrons. The van der Waals surface area contributed by atoms with Gasteiger partial charge < -0.3 is 15.8 Å². The minimum atomic E-state index is -0.614. The van der Waals surface area contributed by atoms with Gasteiger partial charge in [-0.3, -0.25) is 9.59 Å². The number of nitrogens with one attached hydrogen (secondary N) is 1. The van der Waals surface area contributed by atoms with Crippen molar-refractivity contribution in [1.29, 1.82) is 0 Å². The average molecular weight is 302 g/mol. The summed E-state index contributed by atoms with van der Waals surface area (Å²) in [7, 11) is 0. The van der Waals surface area contributed by atoms with E-state index in [2.05, 4.69) is 5.32 Å². The van der Waals surface area contributed by atoms with Crippen LogP contribution >= 0.6 is 0 Å². The number of carbonyl (C=O) groups excluding carboxylic acids is 2. The Morgan fingerprint density at radius 3 is 2.55 bits per heavy atom. The van der Waals surface area contributed by atoms with Crippen LogP contribution in [0.2, 0.25) is 0 Å². The zero-order chi connectivity index (χ0) is 15.9. The normalized spacial score (nSPS) is 10.0. The first-order chi connectivity index (χ1) is 10.5. The van der Waals surface area contributed by atoms with Gasteiger partial charge in [0.2, 0.25) is 5.91 Å². The van der Waals surface area contributed by atoms with E-state index in [9.17, 15) is 14.0 Å². The van der Waals surface area contributed by atoms with E-state index in [4.69, 9.17) is 10.5 Å². The predicted octanol–water partition coefficient (Wildman–Crippen LogP) is 1.62. The molecule has 0 aliphatic heterocycles. The lowest BCUT2D eigenvalue weighted by molar-refractivity contribution is -0.117. The molecule has 0 radical (unpaired) electrons. The van der Waals surface area contributed by atoms with E-state index in [1.54, 1.807) is 36.4 Å². The molecule has 2 rings (SSSR count). The summed E-state index contributed by atoms with van der Waals surface area (Å²) in [6.45, 7) is 0.0339. The van der Waals surface area contributed by atoms with Gasteiger partial charge in [-0.25, -0.2) is 4.39 Å². The fourth-order valence-electron chi connectivity index (χ4n) is 1.74. The Morgan fingerprint density at radius 1 is 1.14 bits per heavy atom. The second-order valence-corrected chi connectivity index (χ2v) is 4.59. The number of carbonyl (C=O) groups is 2. The van der Waals surface area contributed by atoms with Crippen molar-refractivity contribution in [3.8, 4) is 5.75 Å². The molecule has 0 saturated carbocycles. The molecule has 2 aromatic rings. The topological polar surface area (TPSA) is 81.4 Å². The van der Waals surface area contributed by atoms with Crippen molar-refractivity contribution in [1.82, 2.24) is 5.32 Å². The van der Waals surface area contributed by atoms with Gasteiger partial charge in [-0.05, 0) is 35.9 Å². The first-order valence-corrected chi connectivity index (χ1v) is 6.58. The van der Waals surface area contributed by atoms with Gasteiger partial charge in [0, 0.05) is 5.56 Å². The van der Waals surface area contributed by atoms with Crippen molar-refractivity contribution in [3.05, 3.63) is 65.5 Å². The number of nitrogens with two attached hydrogens (primary N) is 1. The van der Waals surface area contributed by atoms with Crippen LogP contribution in [-0.4, -0.2) is 18.4 Å². The number of hydrogen-bond donors (Lipinski definition) is 2. The molecule has 0 unspecified atom stereocenters. The maximum atomic E-state index is 12.8. The summed E-state index contributed by atoms with van der Waals surface area (Å²) in [4.78, 5) is 22.4. The third-order valence-corrected chi connectivity index (χ3v) is 2.84. The lowest BCUT2D eigenvalue weighted by atomic mass is 10.2. The Bertz CT molecular complexity index is 671. The zero-order valence-electron chi connectivity index (χ0n) is 11.7. The summed E-state index contributed by atoms with van der Waals surface area (Å²) in [6.07, 6.45) is 0. The number of amides is 2. The lowest BCUT2D eigenvalue weighted by Gasteiger charge is -2.08. The van der Waals surface area contributed by atoms with Crippen LogP contribution in [0, 0.1) is 5.82 Å². The minimum Gasteiger partial charge on any atom is -0.489 e. The molecule has 0 saturated heterocycles. The van der Waals surface area contributed by atoms with Crippen LogP contribution in [0.1, 0.15) is 15.9 Å². The molecule has 0 aromatic heterocycles. The maximum Gasteiger partial charge on any atom is 0.251 e. The number of rotatable bonds is 6. The highest BCUT2D eigenvalue weighted by Gasteiger charge is 2.07. The van der Waals surface area contributed by atoms with E-state index in [-0.39, 0.29) is 19.0 Å². The van der Waals surface area contributed by atoms with Gasteiger partial charge in [0.1, 0.15) is 18.2 Å². The Labute approximate surface area is 126 Å². The predicted molar refractivity (Wildman–Crippen MR) is 78.7 cm³/mol. The number of ether oxygens (including phenoxy) is 1. The molecule has 0 aliphatic rings. The number of primary amides is 1. The molecule has 0 atom stereocenters. The molecule has 2 amide bonds. The highest BCUT2D eigenvalue weighted by molar-refractivity contribution is 5.96. The summed E-state index contributed by atoms with van der Waals surface area (Å²) in [6, 6.07) is 12.5. The van der Waals surface area contributed by atoms with E-state index in [0.717, 1.165) is 5.56 Å². The third-order valence-electron chi connectivity index (χ3n) is 2.84. The van der Waals surface area contributed by atoms with Crippen molar-refractivity contribution >= 4 is 11.8 Å². The summed E-state index contributed by atoms with van der Waals surface area (Å²) in [5.41, 5.74) is 6.14. The second kappa shape index (κ2) is 7.21. The van der Waals surface area contributed by atoms with Gasteiger partial charge in [0.15, 0.2) is 0 Å². The molecular weight excluding hydrogens is 287 g/mol. The zero-order valence-corrected chi connectivity index (χ0v) is 11.7. The van der Waals surface area contributed by atoms with Gasteiger partial charge in [0.25, 0.3) is 5.91 Å². The van der Waals surface area contributed by atoms with E-state index in [0.29, 0.717) is 11.3 Å². The van der Waals surface area contributed by atoms with Crippen molar-refractivity contribution in [2.24, 2.45) is 5.73 Å². The third kappa shape index (κ3) is 4.59. The van der Waals surface area contributed by atoms with E-state index < -0.39 is 11.8 Å². The highest BCUT2D eigenvalue weighted by Crippen LogP contribution is 2.15. The lowest BCUT2D eigenvalue weighted by Crippen LogP contribution is -2.33.